The molecule has 1 aliphatic rings. The number of nitro benzene ring substituents is 1. The van der Waals surface area contributed by atoms with E-state index in [1.807, 2.05) is 0 Å². The molecule has 2 heterocycles. The van der Waals surface area contributed by atoms with Crippen molar-refractivity contribution >= 4 is 28.5 Å². The number of nitrogens with zero attached hydrogens (tertiary/aromatic N) is 3. The molecule has 0 amide bonds. The molecule has 2 aromatic rings. The first kappa shape index (κ1) is 17.6. The molecule has 9 nitrogen and oxygen atoms in total. The van der Waals surface area contributed by atoms with E-state index in [1.165, 1.54) is 6.07 Å². The van der Waals surface area contributed by atoms with Crippen LogP contribution in [0.4, 0.5) is 24.8 Å². The summed E-state index contributed by atoms with van der Waals surface area (Å²) in [6.45, 7) is -1.14. The normalized spacial score (nSPS) is 20.5. The van der Waals surface area contributed by atoms with Gasteiger partial charge in [-0.3, -0.25) is 24.7 Å². The summed E-state index contributed by atoms with van der Waals surface area (Å²) in [6, 6.07) is 3.33. The van der Waals surface area contributed by atoms with Crippen molar-refractivity contribution in [2.75, 3.05) is 18.0 Å². The van der Waals surface area contributed by atoms with Gasteiger partial charge in [-0.05, 0) is 6.07 Å². The number of anilines is 1. The van der Waals surface area contributed by atoms with Crippen LogP contribution in [0.2, 0.25) is 0 Å². The maximum absolute atomic E-state index is 13.1. The first-order valence-electron chi connectivity index (χ1n) is 7.31. The topological polar surface area (TPSA) is 129 Å². The third-order valence-electron chi connectivity index (χ3n) is 4.24. The molecule has 12 heteroatoms. The Morgan fingerprint density at radius 3 is 2.62 bits per heavy atom. The minimum Gasteiger partial charge on any atom is -0.481 e. The number of carboxylic acid groups (broad SMARTS) is 1. The monoisotopic (exact) mass is 372 g/mol. The largest absolute Gasteiger partial charge is 0.481 e. The van der Waals surface area contributed by atoms with Gasteiger partial charge < -0.3 is 10.0 Å². The SMILES string of the molecule is O=C(O)[C@@H]1CN(c2nc3ccc([N+](=O)[O-])cc3c(=O)[nH]2)C[C@H]1C(F)(F)F. The number of hydrogen-bond acceptors (Lipinski definition) is 6. The Hall–Kier alpha value is -3.18. The molecule has 0 radical (unpaired) electrons. The van der Waals surface area contributed by atoms with Crippen LogP contribution in [0.15, 0.2) is 23.0 Å². The zero-order chi connectivity index (χ0) is 19.2. The number of carbonyl (C=O) groups is 1. The molecule has 2 atom stereocenters. The Bertz CT molecular complexity index is 958. The van der Waals surface area contributed by atoms with Crippen molar-refractivity contribution in [2.24, 2.45) is 11.8 Å². The van der Waals surface area contributed by atoms with E-state index in [2.05, 4.69) is 9.97 Å². The summed E-state index contributed by atoms with van der Waals surface area (Å²) in [4.78, 5) is 40.7. The summed E-state index contributed by atoms with van der Waals surface area (Å²) < 4.78 is 39.2. The first-order chi connectivity index (χ1) is 12.1. The van der Waals surface area contributed by atoms with Crippen LogP contribution in [0.25, 0.3) is 10.9 Å². The molecule has 0 bridgehead atoms. The van der Waals surface area contributed by atoms with Gasteiger partial charge in [0.2, 0.25) is 5.95 Å². The van der Waals surface area contributed by atoms with Gasteiger partial charge in [0.05, 0.1) is 27.7 Å². The van der Waals surface area contributed by atoms with Crippen LogP contribution < -0.4 is 10.5 Å². The van der Waals surface area contributed by atoms with E-state index in [9.17, 15) is 32.9 Å². The van der Waals surface area contributed by atoms with Gasteiger partial charge in [0, 0.05) is 25.2 Å². The van der Waals surface area contributed by atoms with Crippen molar-refractivity contribution in [3.05, 3.63) is 38.7 Å². The van der Waals surface area contributed by atoms with Crippen LogP contribution in [0.5, 0.6) is 0 Å². The number of benzene rings is 1. The van der Waals surface area contributed by atoms with Crippen LogP contribution >= 0.6 is 0 Å². The molecule has 2 N–H and O–H groups in total. The van der Waals surface area contributed by atoms with E-state index in [0.717, 1.165) is 17.0 Å². The summed E-state index contributed by atoms with van der Waals surface area (Å²) >= 11 is 0. The molecule has 1 fully saturated rings. The van der Waals surface area contributed by atoms with Gasteiger partial charge in [-0.15, -0.1) is 0 Å². The van der Waals surface area contributed by atoms with Crippen molar-refractivity contribution in [1.82, 2.24) is 9.97 Å². The average molecular weight is 372 g/mol. The number of non-ortho nitro benzene ring substituents is 1. The predicted octanol–water partition coefficient (Wildman–Crippen LogP) is 1.53. The van der Waals surface area contributed by atoms with Gasteiger partial charge in [-0.2, -0.15) is 13.2 Å². The van der Waals surface area contributed by atoms with Crippen molar-refractivity contribution in [2.45, 2.75) is 6.18 Å². The van der Waals surface area contributed by atoms with E-state index in [1.54, 1.807) is 0 Å². The molecule has 3 rings (SSSR count). The highest BCUT2D eigenvalue weighted by molar-refractivity contribution is 5.81. The van der Waals surface area contributed by atoms with Gasteiger partial charge in [0.1, 0.15) is 0 Å². The number of carboxylic acids is 1. The summed E-state index contributed by atoms with van der Waals surface area (Å²) in [7, 11) is 0. The van der Waals surface area contributed by atoms with E-state index in [4.69, 9.17) is 5.11 Å². The summed E-state index contributed by atoms with van der Waals surface area (Å²) in [5, 5.41) is 19.7. The number of hydrogen-bond donors (Lipinski definition) is 2. The van der Waals surface area contributed by atoms with E-state index < -0.39 is 47.6 Å². The Labute approximate surface area is 142 Å². The first-order valence-corrected chi connectivity index (χ1v) is 7.31. The number of H-pyrrole nitrogens is 1. The highest BCUT2D eigenvalue weighted by Crippen LogP contribution is 2.38. The van der Waals surface area contributed by atoms with Gasteiger partial charge in [-0.25, -0.2) is 4.98 Å². The van der Waals surface area contributed by atoms with E-state index in [-0.39, 0.29) is 22.5 Å². The van der Waals surface area contributed by atoms with Crippen molar-refractivity contribution < 1.29 is 28.0 Å². The highest BCUT2D eigenvalue weighted by Gasteiger charge is 2.53. The smallest absolute Gasteiger partial charge is 0.394 e. The van der Waals surface area contributed by atoms with Crippen molar-refractivity contribution in [3.63, 3.8) is 0 Å². The Morgan fingerprint density at radius 2 is 2.08 bits per heavy atom. The number of nitrogens with one attached hydrogen (secondary N) is 1. The second-order valence-corrected chi connectivity index (χ2v) is 5.85. The molecule has 1 aliphatic heterocycles. The second kappa shape index (κ2) is 5.97. The zero-order valence-electron chi connectivity index (χ0n) is 12.9. The molecule has 138 valence electrons. The second-order valence-electron chi connectivity index (χ2n) is 5.85. The van der Waals surface area contributed by atoms with Crippen molar-refractivity contribution in [1.29, 1.82) is 0 Å². The van der Waals surface area contributed by atoms with E-state index >= 15 is 0 Å². The van der Waals surface area contributed by atoms with Crippen LogP contribution in [-0.4, -0.2) is 45.2 Å². The Balaban J connectivity index is 2.01. The number of halogens is 3. The molecule has 0 saturated carbocycles. The summed E-state index contributed by atoms with van der Waals surface area (Å²) in [5.74, 6) is -5.59. The summed E-state index contributed by atoms with van der Waals surface area (Å²) in [5.41, 5.74) is -1.05. The summed E-state index contributed by atoms with van der Waals surface area (Å²) in [6.07, 6.45) is -4.71. The van der Waals surface area contributed by atoms with Gasteiger partial charge >= 0.3 is 12.1 Å². The lowest BCUT2D eigenvalue weighted by Gasteiger charge is -2.18. The highest BCUT2D eigenvalue weighted by atomic mass is 19.4. The Kier molecular flexibility index (Phi) is 4.05. The Morgan fingerprint density at radius 1 is 1.38 bits per heavy atom. The van der Waals surface area contributed by atoms with Gasteiger partial charge in [0.15, 0.2) is 0 Å². The molecule has 1 aromatic heterocycles. The molecular formula is C14H11F3N4O5. The molecule has 26 heavy (non-hydrogen) atoms. The van der Waals surface area contributed by atoms with Crippen molar-refractivity contribution in [3.8, 4) is 0 Å². The maximum atomic E-state index is 13.1. The number of aromatic nitrogens is 2. The number of aliphatic carboxylic acids is 1. The third kappa shape index (κ3) is 3.05. The minimum absolute atomic E-state index is 0.0525. The number of rotatable bonds is 3. The molecule has 0 unspecified atom stereocenters. The van der Waals surface area contributed by atoms with Crippen LogP contribution in [0, 0.1) is 22.0 Å². The minimum atomic E-state index is -4.71. The fourth-order valence-corrected chi connectivity index (χ4v) is 2.94. The molecule has 1 aromatic carbocycles. The third-order valence-corrected chi connectivity index (χ3v) is 4.24. The lowest BCUT2D eigenvalue weighted by atomic mass is 9.96. The fraction of sp³-hybridized carbons (Fsp3) is 0.357. The van der Waals surface area contributed by atoms with Gasteiger partial charge in [-0.1, -0.05) is 0 Å². The van der Waals surface area contributed by atoms with Crippen LogP contribution in [0.3, 0.4) is 0 Å². The number of aromatic amines is 1. The number of fused-ring (bicyclic) bond motifs is 1. The average Bonchev–Trinajstić information content (AvgIpc) is 3.00. The molecule has 1 saturated heterocycles. The van der Waals surface area contributed by atoms with Gasteiger partial charge in [0.25, 0.3) is 11.2 Å². The quantitative estimate of drug-likeness (QED) is 0.617. The van der Waals surface area contributed by atoms with Crippen LogP contribution in [0.1, 0.15) is 0 Å². The molecular weight excluding hydrogens is 361 g/mol. The predicted molar refractivity (Wildman–Crippen MR) is 81.9 cm³/mol. The lowest BCUT2D eigenvalue weighted by Crippen LogP contribution is -2.33. The zero-order valence-corrected chi connectivity index (χ0v) is 12.9. The number of nitro groups is 1. The number of alkyl halides is 3. The van der Waals surface area contributed by atoms with E-state index in [0.29, 0.717) is 0 Å². The molecule has 0 aliphatic carbocycles. The van der Waals surface area contributed by atoms with Crippen LogP contribution in [-0.2, 0) is 4.79 Å². The lowest BCUT2D eigenvalue weighted by molar-refractivity contribution is -0.384. The fourth-order valence-electron chi connectivity index (χ4n) is 2.94. The standard InChI is InChI=1S/C14H11F3N4O5/c15-14(16,17)9-5-20(4-8(9)12(23)24)13-18-10-2-1-6(21(25)26)3-7(10)11(22)19-13/h1-3,8-9H,4-5H2,(H,23,24)(H,18,19,22)/t8-,9-/m1/s1. The maximum Gasteiger partial charge on any atom is 0.394 e. The molecule has 0 spiro atoms.